The molecule has 0 aromatic carbocycles. The maximum atomic E-state index is 12.6. The molecule has 1 amide bonds. The number of carbonyl (C=O) groups excluding carboxylic acids is 1. The summed E-state index contributed by atoms with van der Waals surface area (Å²) in [5, 5.41) is 6.96. The van der Waals surface area contributed by atoms with Crippen molar-refractivity contribution in [2.75, 3.05) is 31.1 Å². The van der Waals surface area contributed by atoms with E-state index in [1.807, 2.05) is 18.7 Å². The van der Waals surface area contributed by atoms with Crippen LogP contribution in [0.4, 0.5) is 5.95 Å². The first kappa shape index (κ1) is 13.5. The Morgan fingerprint density at radius 3 is 2.38 bits per heavy atom. The van der Waals surface area contributed by atoms with Crippen LogP contribution < -0.4 is 4.90 Å². The third kappa shape index (κ3) is 2.58. The minimum atomic E-state index is 0.0485. The van der Waals surface area contributed by atoms with Crippen LogP contribution in [0.2, 0.25) is 0 Å². The quantitative estimate of drug-likeness (QED) is 0.882. The topological polar surface area (TPSA) is 78.0 Å². The van der Waals surface area contributed by atoms with Crippen molar-refractivity contribution in [1.82, 2.24) is 25.1 Å². The van der Waals surface area contributed by atoms with E-state index in [0.29, 0.717) is 18.7 Å². The van der Waals surface area contributed by atoms with Crippen molar-refractivity contribution in [2.24, 2.45) is 0 Å². The largest absolute Gasteiger partial charge is 0.337 e. The maximum absolute atomic E-state index is 12.6. The molecule has 3 heterocycles. The molecule has 2 aromatic heterocycles. The summed E-state index contributed by atoms with van der Waals surface area (Å²) in [4.78, 5) is 25.0. The van der Waals surface area contributed by atoms with E-state index >= 15 is 0 Å². The molecule has 0 saturated carbocycles. The minimum Gasteiger partial charge on any atom is -0.337 e. The van der Waals surface area contributed by atoms with Crippen LogP contribution in [-0.2, 0) is 0 Å². The summed E-state index contributed by atoms with van der Waals surface area (Å²) < 4.78 is 0. The zero-order chi connectivity index (χ0) is 14.8. The van der Waals surface area contributed by atoms with Gasteiger partial charge in [0.05, 0.1) is 11.3 Å². The van der Waals surface area contributed by atoms with Crippen molar-refractivity contribution >= 4 is 11.9 Å². The minimum absolute atomic E-state index is 0.0485. The molecule has 7 nitrogen and oxygen atoms in total. The Morgan fingerprint density at radius 2 is 1.81 bits per heavy atom. The number of amides is 1. The first-order valence-corrected chi connectivity index (χ1v) is 6.99. The Hall–Kier alpha value is -2.44. The summed E-state index contributed by atoms with van der Waals surface area (Å²) in [6, 6.07) is 1.80. The second kappa shape index (κ2) is 5.51. The van der Waals surface area contributed by atoms with Gasteiger partial charge in [0.15, 0.2) is 0 Å². The molecule has 1 aliphatic heterocycles. The van der Waals surface area contributed by atoms with Gasteiger partial charge in [0.1, 0.15) is 0 Å². The van der Waals surface area contributed by atoms with Gasteiger partial charge >= 0.3 is 0 Å². The molecule has 3 rings (SSSR count). The molecule has 1 saturated heterocycles. The van der Waals surface area contributed by atoms with Crippen LogP contribution >= 0.6 is 0 Å². The van der Waals surface area contributed by atoms with Gasteiger partial charge in [-0.25, -0.2) is 9.97 Å². The highest BCUT2D eigenvalue weighted by Crippen LogP contribution is 2.16. The van der Waals surface area contributed by atoms with Gasteiger partial charge in [-0.05, 0) is 19.9 Å². The van der Waals surface area contributed by atoms with Gasteiger partial charge in [-0.1, -0.05) is 0 Å². The Bertz CT molecular complexity index is 611. The normalized spacial score (nSPS) is 15.3. The van der Waals surface area contributed by atoms with Crippen molar-refractivity contribution in [3.8, 4) is 0 Å². The van der Waals surface area contributed by atoms with Crippen molar-refractivity contribution in [3.63, 3.8) is 0 Å². The number of hydrogen-bond donors (Lipinski definition) is 1. The number of rotatable bonds is 2. The van der Waals surface area contributed by atoms with E-state index < -0.39 is 0 Å². The Kier molecular flexibility index (Phi) is 3.55. The van der Waals surface area contributed by atoms with E-state index in [9.17, 15) is 4.79 Å². The summed E-state index contributed by atoms with van der Waals surface area (Å²) in [5.74, 6) is 0.771. The van der Waals surface area contributed by atoms with E-state index in [1.54, 1.807) is 18.5 Å². The standard InChI is InChI=1S/C14H18N6O/c1-10-12(11(2)18-17-10)13(21)19-6-8-20(9-7-19)14-15-4-3-5-16-14/h3-5H,6-9H2,1-2H3,(H,17,18). The molecule has 0 aliphatic carbocycles. The van der Waals surface area contributed by atoms with Crippen LogP contribution in [0, 0.1) is 13.8 Å². The molecule has 2 aromatic rings. The molecule has 0 spiro atoms. The van der Waals surface area contributed by atoms with Gasteiger partial charge in [0.2, 0.25) is 5.95 Å². The SMILES string of the molecule is Cc1n[nH]c(C)c1C(=O)N1CCN(c2ncccn2)CC1. The smallest absolute Gasteiger partial charge is 0.257 e. The summed E-state index contributed by atoms with van der Waals surface area (Å²) >= 11 is 0. The Labute approximate surface area is 123 Å². The summed E-state index contributed by atoms with van der Waals surface area (Å²) in [6.45, 7) is 6.55. The number of carbonyl (C=O) groups is 1. The number of aromatic amines is 1. The van der Waals surface area contributed by atoms with Gasteiger partial charge in [-0.15, -0.1) is 0 Å². The lowest BCUT2D eigenvalue weighted by Crippen LogP contribution is -2.49. The number of anilines is 1. The van der Waals surface area contributed by atoms with Gasteiger partial charge < -0.3 is 9.80 Å². The third-order valence-corrected chi connectivity index (χ3v) is 3.74. The van der Waals surface area contributed by atoms with Crippen molar-refractivity contribution < 1.29 is 4.79 Å². The fourth-order valence-electron chi connectivity index (χ4n) is 2.59. The molecule has 1 fully saturated rings. The van der Waals surface area contributed by atoms with Crippen molar-refractivity contribution in [2.45, 2.75) is 13.8 Å². The summed E-state index contributed by atoms with van der Waals surface area (Å²) in [6.07, 6.45) is 3.47. The van der Waals surface area contributed by atoms with Crippen LogP contribution in [0.15, 0.2) is 18.5 Å². The lowest BCUT2D eigenvalue weighted by atomic mass is 10.1. The summed E-state index contributed by atoms with van der Waals surface area (Å²) in [7, 11) is 0. The molecule has 0 atom stereocenters. The molecule has 21 heavy (non-hydrogen) atoms. The van der Waals surface area contributed by atoms with Gasteiger partial charge in [0.25, 0.3) is 5.91 Å². The lowest BCUT2D eigenvalue weighted by molar-refractivity contribution is 0.0745. The van der Waals surface area contributed by atoms with Gasteiger partial charge in [0, 0.05) is 44.3 Å². The van der Waals surface area contributed by atoms with Crippen LogP contribution in [0.1, 0.15) is 21.7 Å². The van der Waals surface area contributed by atoms with Crippen molar-refractivity contribution in [1.29, 1.82) is 0 Å². The summed E-state index contributed by atoms with van der Waals surface area (Å²) in [5.41, 5.74) is 2.28. The average Bonchev–Trinajstić information content (AvgIpc) is 2.87. The molecule has 7 heteroatoms. The molecule has 0 bridgehead atoms. The zero-order valence-electron chi connectivity index (χ0n) is 12.2. The molecule has 0 unspecified atom stereocenters. The number of H-pyrrole nitrogens is 1. The van der Waals surface area contributed by atoms with Crippen LogP contribution in [-0.4, -0.2) is 57.2 Å². The molecule has 1 aliphatic rings. The van der Waals surface area contributed by atoms with Crippen molar-refractivity contribution in [3.05, 3.63) is 35.4 Å². The monoisotopic (exact) mass is 286 g/mol. The molecular weight excluding hydrogens is 268 g/mol. The number of aromatic nitrogens is 4. The number of nitrogens with zero attached hydrogens (tertiary/aromatic N) is 5. The van der Waals surface area contributed by atoms with Gasteiger partial charge in [-0.3, -0.25) is 9.89 Å². The van der Waals surface area contributed by atoms with E-state index in [0.717, 1.165) is 30.4 Å². The molecule has 110 valence electrons. The highest BCUT2D eigenvalue weighted by molar-refractivity contribution is 5.96. The Morgan fingerprint density at radius 1 is 1.14 bits per heavy atom. The lowest BCUT2D eigenvalue weighted by Gasteiger charge is -2.34. The van der Waals surface area contributed by atoms with Crippen LogP contribution in [0.5, 0.6) is 0 Å². The second-order valence-electron chi connectivity index (χ2n) is 5.14. The van der Waals surface area contributed by atoms with E-state index in [-0.39, 0.29) is 5.91 Å². The first-order valence-electron chi connectivity index (χ1n) is 6.99. The van der Waals surface area contributed by atoms with Crippen LogP contribution in [0.3, 0.4) is 0 Å². The van der Waals surface area contributed by atoms with Crippen LogP contribution in [0.25, 0.3) is 0 Å². The second-order valence-corrected chi connectivity index (χ2v) is 5.14. The van der Waals surface area contributed by atoms with E-state index in [1.165, 1.54) is 0 Å². The number of nitrogens with one attached hydrogen (secondary N) is 1. The highest BCUT2D eigenvalue weighted by Gasteiger charge is 2.26. The van der Waals surface area contributed by atoms with E-state index in [2.05, 4.69) is 25.1 Å². The number of aryl methyl sites for hydroxylation is 2. The third-order valence-electron chi connectivity index (χ3n) is 3.74. The fourth-order valence-corrected chi connectivity index (χ4v) is 2.59. The van der Waals surface area contributed by atoms with Gasteiger partial charge in [-0.2, -0.15) is 5.10 Å². The maximum Gasteiger partial charge on any atom is 0.257 e. The highest BCUT2D eigenvalue weighted by atomic mass is 16.2. The average molecular weight is 286 g/mol. The predicted molar refractivity (Wildman–Crippen MR) is 78.2 cm³/mol. The van der Waals surface area contributed by atoms with E-state index in [4.69, 9.17) is 0 Å². The molecule has 1 N–H and O–H groups in total. The first-order chi connectivity index (χ1) is 10.2. The number of hydrogen-bond acceptors (Lipinski definition) is 5. The molecule has 0 radical (unpaired) electrons. The Balaban J connectivity index is 1.68. The predicted octanol–water partition coefficient (Wildman–Crippen LogP) is 0.779. The zero-order valence-corrected chi connectivity index (χ0v) is 12.2. The number of piperazine rings is 1. The molecular formula is C14H18N6O. The fraction of sp³-hybridized carbons (Fsp3) is 0.429.